The number of carbonyl (C=O) groups is 2. The van der Waals surface area contributed by atoms with Crippen LogP contribution in [-0.4, -0.2) is 43.2 Å². The molecule has 116 valence electrons. The summed E-state index contributed by atoms with van der Waals surface area (Å²) in [6.45, 7) is 0.437. The molecule has 0 radical (unpaired) electrons. The first kappa shape index (κ1) is 16.8. The lowest BCUT2D eigenvalue weighted by atomic mass is 10.1. The van der Waals surface area contributed by atoms with Crippen molar-refractivity contribution < 1.29 is 24.2 Å². The van der Waals surface area contributed by atoms with Gasteiger partial charge in [0, 0.05) is 26.4 Å². The summed E-state index contributed by atoms with van der Waals surface area (Å²) < 4.78 is 10.4. The summed E-state index contributed by atoms with van der Waals surface area (Å²) in [5.41, 5.74) is 0.918. The number of benzene rings is 1. The average molecular weight is 295 g/mol. The van der Waals surface area contributed by atoms with Crippen LogP contribution in [0.4, 0.5) is 0 Å². The highest BCUT2D eigenvalue weighted by Crippen LogP contribution is 2.27. The summed E-state index contributed by atoms with van der Waals surface area (Å²) in [6.07, 6.45) is 0.594. The number of hydrogen-bond acceptors (Lipinski definition) is 4. The number of amides is 1. The third kappa shape index (κ3) is 5.33. The van der Waals surface area contributed by atoms with Crippen LogP contribution in [-0.2, 0) is 16.1 Å². The van der Waals surface area contributed by atoms with Gasteiger partial charge in [-0.1, -0.05) is 6.07 Å². The number of carboxylic acid groups (broad SMARTS) is 1. The van der Waals surface area contributed by atoms with Crippen molar-refractivity contribution >= 4 is 11.9 Å². The number of rotatable bonds is 8. The van der Waals surface area contributed by atoms with Gasteiger partial charge in [0.25, 0.3) is 0 Å². The Bertz CT molecular complexity index is 501. The first-order chi connectivity index (χ1) is 9.97. The molecule has 0 atom stereocenters. The molecule has 0 aromatic heterocycles. The van der Waals surface area contributed by atoms with E-state index in [1.165, 1.54) is 0 Å². The van der Waals surface area contributed by atoms with Crippen LogP contribution in [0, 0.1) is 0 Å². The van der Waals surface area contributed by atoms with E-state index in [1.54, 1.807) is 32.2 Å². The van der Waals surface area contributed by atoms with Crippen LogP contribution in [0.2, 0.25) is 0 Å². The van der Waals surface area contributed by atoms with Crippen LogP contribution in [0.25, 0.3) is 0 Å². The van der Waals surface area contributed by atoms with E-state index in [1.807, 2.05) is 12.1 Å². The van der Waals surface area contributed by atoms with Crippen LogP contribution < -0.4 is 9.47 Å². The number of carboxylic acids is 1. The van der Waals surface area contributed by atoms with Gasteiger partial charge >= 0.3 is 5.97 Å². The molecule has 0 aliphatic carbocycles. The summed E-state index contributed by atoms with van der Waals surface area (Å²) in [6, 6.07) is 5.47. The van der Waals surface area contributed by atoms with Gasteiger partial charge in [-0.25, -0.2) is 0 Å². The number of nitrogens with zero attached hydrogens (tertiary/aromatic N) is 1. The van der Waals surface area contributed by atoms with Crippen molar-refractivity contribution in [2.45, 2.75) is 25.8 Å². The van der Waals surface area contributed by atoms with Gasteiger partial charge in [-0.15, -0.1) is 0 Å². The maximum absolute atomic E-state index is 11.9. The Labute approximate surface area is 124 Å². The van der Waals surface area contributed by atoms with E-state index >= 15 is 0 Å². The topological polar surface area (TPSA) is 76.1 Å². The molecule has 1 aromatic carbocycles. The quantitative estimate of drug-likeness (QED) is 0.793. The normalized spacial score (nSPS) is 10.0. The van der Waals surface area contributed by atoms with Crippen molar-refractivity contribution in [3.05, 3.63) is 23.8 Å². The standard InChI is InChI=1S/C15H21NO5/c1-16(14(17)5-4-6-15(18)19)10-11-7-8-12(20-2)13(9-11)21-3/h7-9H,4-6,10H2,1-3H3,(H,18,19). The van der Waals surface area contributed by atoms with Crippen molar-refractivity contribution in [1.82, 2.24) is 4.90 Å². The number of carbonyl (C=O) groups excluding carboxylic acids is 1. The third-order valence-corrected chi connectivity index (χ3v) is 3.07. The fraction of sp³-hybridized carbons (Fsp3) is 0.467. The molecule has 1 N–H and O–H groups in total. The Kier molecular flexibility index (Phi) is 6.52. The van der Waals surface area contributed by atoms with Crippen molar-refractivity contribution in [3.63, 3.8) is 0 Å². The molecule has 1 amide bonds. The second-order valence-electron chi connectivity index (χ2n) is 4.69. The lowest BCUT2D eigenvalue weighted by Crippen LogP contribution is -2.26. The number of hydrogen-bond donors (Lipinski definition) is 1. The molecule has 0 unspecified atom stereocenters. The number of methoxy groups -OCH3 is 2. The fourth-order valence-electron chi connectivity index (χ4n) is 1.92. The van der Waals surface area contributed by atoms with Gasteiger partial charge in [0.2, 0.25) is 5.91 Å². The predicted octanol–water partition coefficient (Wildman–Crippen LogP) is 1.92. The molecule has 0 saturated heterocycles. The van der Waals surface area contributed by atoms with Crippen molar-refractivity contribution in [3.8, 4) is 11.5 Å². The zero-order chi connectivity index (χ0) is 15.8. The highest BCUT2D eigenvalue weighted by molar-refractivity contribution is 5.76. The minimum atomic E-state index is -0.884. The van der Waals surface area contributed by atoms with E-state index in [-0.39, 0.29) is 18.7 Å². The highest BCUT2D eigenvalue weighted by Gasteiger charge is 2.12. The van der Waals surface area contributed by atoms with Crippen LogP contribution in [0.1, 0.15) is 24.8 Å². The van der Waals surface area contributed by atoms with E-state index < -0.39 is 5.97 Å². The monoisotopic (exact) mass is 295 g/mol. The van der Waals surface area contributed by atoms with E-state index in [9.17, 15) is 9.59 Å². The zero-order valence-corrected chi connectivity index (χ0v) is 12.6. The lowest BCUT2D eigenvalue weighted by Gasteiger charge is -2.18. The Morgan fingerprint density at radius 2 is 1.81 bits per heavy atom. The smallest absolute Gasteiger partial charge is 0.303 e. The summed E-state index contributed by atoms with van der Waals surface area (Å²) in [5, 5.41) is 8.56. The molecule has 1 rings (SSSR count). The van der Waals surface area contributed by atoms with E-state index in [0.29, 0.717) is 24.5 Å². The average Bonchev–Trinajstić information content (AvgIpc) is 2.46. The van der Waals surface area contributed by atoms with Gasteiger partial charge in [-0.2, -0.15) is 0 Å². The molecule has 0 spiro atoms. The molecular weight excluding hydrogens is 274 g/mol. The van der Waals surface area contributed by atoms with E-state index in [2.05, 4.69) is 0 Å². The molecule has 0 bridgehead atoms. The zero-order valence-electron chi connectivity index (χ0n) is 12.6. The molecule has 1 aromatic rings. The summed E-state index contributed by atoms with van der Waals surface area (Å²) in [7, 11) is 4.82. The molecule has 6 heteroatoms. The van der Waals surface area contributed by atoms with Gasteiger partial charge in [0.05, 0.1) is 14.2 Å². The molecule has 0 aliphatic rings. The van der Waals surface area contributed by atoms with Crippen molar-refractivity contribution in [2.24, 2.45) is 0 Å². The Morgan fingerprint density at radius 3 is 2.38 bits per heavy atom. The first-order valence-electron chi connectivity index (χ1n) is 6.64. The van der Waals surface area contributed by atoms with Gasteiger partial charge in [-0.3, -0.25) is 9.59 Å². The predicted molar refractivity (Wildman–Crippen MR) is 77.5 cm³/mol. The van der Waals surface area contributed by atoms with E-state index in [0.717, 1.165) is 5.56 Å². The van der Waals surface area contributed by atoms with Gasteiger partial charge < -0.3 is 19.5 Å². The maximum atomic E-state index is 11.9. The van der Waals surface area contributed by atoms with E-state index in [4.69, 9.17) is 14.6 Å². The van der Waals surface area contributed by atoms with Gasteiger partial charge in [-0.05, 0) is 24.1 Å². The van der Waals surface area contributed by atoms with Crippen LogP contribution in [0.15, 0.2) is 18.2 Å². The molecule has 0 saturated carbocycles. The Hall–Kier alpha value is -2.24. The third-order valence-electron chi connectivity index (χ3n) is 3.07. The van der Waals surface area contributed by atoms with Crippen LogP contribution >= 0.6 is 0 Å². The molecule has 21 heavy (non-hydrogen) atoms. The van der Waals surface area contributed by atoms with Crippen LogP contribution in [0.5, 0.6) is 11.5 Å². The minimum Gasteiger partial charge on any atom is -0.493 e. The number of aliphatic carboxylic acids is 1. The van der Waals surface area contributed by atoms with Gasteiger partial charge in [0.1, 0.15) is 0 Å². The second-order valence-corrected chi connectivity index (χ2v) is 4.69. The molecular formula is C15H21NO5. The SMILES string of the molecule is COc1ccc(CN(C)C(=O)CCCC(=O)O)cc1OC. The first-order valence-corrected chi connectivity index (χ1v) is 6.64. The van der Waals surface area contributed by atoms with Crippen LogP contribution in [0.3, 0.4) is 0 Å². The van der Waals surface area contributed by atoms with Crippen molar-refractivity contribution in [2.75, 3.05) is 21.3 Å². The number of ether oxygens (including phenoxy) is 2. The Balaban J connectivity index is 2.59. The summed E-state index contributed by atoms with van der Waals surface area (Å²) in [5.74, 6) is 0.287. The molecule has 0 fully saturated rings. The van der Waals surface area contributed by atoms with Crippen molar-refractivity contribution in [1.29, 1.82) is 0 Å². The highest BCUT2D eigenvalue weighted by atomic mass is 16.5. The summed E-state index contributed by atoms with van der Waals surface area (Å²) in [4.78, 5) is 23.9. The molecule has 6 nitrogen and oxygen atoms in total. The minimum absolute atomic E-state index is 0.00986. The van der Waals surface area contributed by atoms with Gasteiger partial charge in [0.15, 0.2) is 11.5 Å². The largest absolute Gasteiger partial charge is 0.493 e. The maximum Gasteiger partial charge on any atom is 0.303 e. The summed E-state index contributed by atoms with van der Waals surface area (Å²) >= 11 is 0. The second kappa shape index (κ2) is 8.14. The molecule has 0 aliphatic heterocycles. The Morgan fingerprint density at radius 1 is 1.14 bits per heavy atom. The lowest BCUT2D eigenvalue weighted by molar-refractivity contribution is -0.137. The fourth-order valence-corrected chi connectivity index (χ4v) is 1.92. The molecule has 0 heterocycles.